The van der Waals surface area contributed by atoms with Gasteiger partial charge in [-0.1, -0.05) is 12.1 Å². The highest BCUT2D eigenvalue weighted by Gasteiger charge is 2.38. The van der Waals surface area contributed by atoms with Crippen molar-refractivity contribution in [1.29, 1.82) is 0 Å². The number of carbonyl (C=O) groups excluding carboxylic acids is 3. The minimum Gasteiger partial charge on any atom is -0.370 e. The van der Waals surface area contributed by atoms with Crippen LogP contribution in [0.1, 0.15) is 34.1 Å². The highest BCUT2D eigenvalue weighted by molar-refractivity contribution is 6.21. The van der Waals surface area contributed by atoms with E-state index in [2.05, 4.69) is 0 Å². The Kier molecular flexibility index (Phi) is 2.67. The number of primary amides is 1. The second-order valence-electron chi connectivity index (χ2n) is 4.05. The fourth-order valence-corrected chi connectivity index (χ4v) is 1.99. The number of amides is 3. The lowest BCUT2D eigenvalue weighted by Gasteiger charge is -2.20. The van der Waals surface area contributed by atoms with E-state index in [1.165, 1.54) is 0 Å². The van der Waals surface area contributed by atoms with E-state index in [1.54, 1.807) is 31.2 Å². The molecule has 0 saturated carbocycles. The Balaban J connectivity index is 2.33. The molecule has 0 spiro atoms. The molecule has 1 aliphatic heterocycles. The van der Waals surface area contributed by atoms with Crippen molar-refractivity contribution in [3.05, 3.63) is 35.4 Å². The smallest absolute Gasteiger partial charge is 0.261 e. The van der Waals surface area contributed by atoms with Gasteiger partial charge in [0.1, 0.15) is 0 Å². The van der Waals surface area contributed by atoms with E-state index in [-0.39, 0.29) is 18.2 Å². The Morgan fingerprint density at radius 3 is 2.12 bits per heavy atom. The number of carbonyl (C=O) groups is 3. The zero-order valence-electron chi connectivity index (χ0n) is 9.34. The van der Waals surface area contributed by atoms with Gasteiger partial charge in [0.25, 0.3) is 11.8 Å². The molecule has 1 atom stereocenters. The van der Waals surface area contributed by atoms with Gasteiger partial charge in [0.05, 0.1) is 11.1 Å². The Morgan fingerprint density at radius 1 is 1.24 bits per heavy atom. The molecule has 0 radical (unpaired) electrons. The Labute approximate surface area is 98.2 Å². The molecule has 0 saturated heterocycles. The summed E-state index contributed by atoms with van der Waals surface area (Å²) in [5.41, 5.74) is 5.84. The zero-order chi connectivity index (χ0) is 12.6. The van der Waals surface area contributed by atoms with Crippen LogP contribution >= 0.6 is 0 Å². The molecule has 3 amide bonds. The number of nitrogens with zero attached hydrogens (tertiary/aromatic N) is 1. The summed E-state index contributed by atoms with van der Waals surface area (Å²) < 4.78 is 0. The van der Waals surface area contributed by atoms with Crippen LogP contribution in [-0.2, 0) is 4.79 Å². The molecule has 1 aromatic rings. The predicted molar refractivity (Wildman–Crippen MR) is 60.2 cm³/mol. The number of hydrogen-bond acceptors (Lipinski definition) is 3. The van der Waals surface area contributed by atoms with E-state index in [0.717, 1.165) is 4.90 Å². The van der Waals surface area contributed by atoms with Crippen LogP contribution in [-0.4, -0.2) is 28.7 Å². The maximum Gasteiger partial charge on any atom is 0.261 e. The van der Waals surface area contributed by atoms with E-state index >= 15 is 0 Å². The summed E-state index contributed by atoms with van der Waals surface area (Å²) in [4.78, 5) is 35.9. The Bertz CT molecular complexity index is 475. The van der Waals surface area contributed by atoms with Crippen molar-refractivity contribution in [2.75, 3.05) is 0 Å². The van der Waals surface area contributed by atoms with Crippen LogP contribution in [0.3, 0.4) is 0 Å². The molecule has 5 nitrogen and oxygen atoms in total. The molecule has 5 heteroatoms. The van der Waals surface area contributed by atoms with E-state index in [4.69, 9.17) is 5.73 Å². The summed E-state index contributed by atoms with van der Waals surface area (Å²) >= 11 is 0. The summed E-state index contributed by atoms with van der Waals surface area (Å²) in [6.07, 6.45) is -0.0224. The normalized spacial score (nSPS) is 15.9. The monoisotopic (exact) mass is 232 g/mol. The van der Waals surface area contributed by atoms with Crippen molar-refractivity contribution in [2.45, 2.75) is 19.4 Å². The van der Waals surface area contributed by atoms with Crippen LogP contribution in [0.2, 0.25) is 0 Å². The molecule has 17 heavy (non-hydrogen) atoms. The second-order valence-corrected chi connectivity index (χ2v) is 4.05. The zero-order valence-corrected chi connectivity index (χ0v) is 9.34. The first kappa shape index (κ1) is 11.3. The van der Waals surface area contributed by atoms with Crippen LogP contribution in [0, 0.1) is 0 Å². The third-order valence-electron chi connectivity index (χ3n) is 2.76. The van der Waals surface area contributed by atoms with Crippen LogP contribution in [0.5, 0.6) is 0 Å². The van der Waals surface area contributed by atoms with E-state index < -0.39 is 11.9 Å². The van der Waals surface area contributed by atoms with Crippen LogP contribution in [0.4, 0.5) is 0 Å². The molecule has 1 aliphatic rings. The Morgan fingerprint density at radius 2 is 1.71 bits per heavy atom. The quantitative estimate of drug-likeness (QED) is 0.772. The molecule has 88 valence electrons. The van der Waals surface area contributed by atoms with Gasteiger partial charge in [-0.2, -0.15) is 0 Å². The van der Waals surface area contributed by atoms with Crippen molar-refractivity contribution in [2.24, 2.45) is 5.73 Å². The van der Waals surface area contributed by atoms with Gasteiger partial charge in [-0.3, -0.25) is 19.3 Å². The maximum absolute atomic E-state index is 12.0. The fraction of sp³-hybridized carbons (Fsp3) is 0.250. The summed E-state index contributed by atoms with van der Waals surface area (Å²) in [6, 6.07) is 6.09. The van der Waals surface area contributed by atoms with Gasteiger partial charge in [0.15, 0.2) is 0 Å². The molecular weight excluding hydrogens is 220 g/mol. The lowest BCUT2D eigenvalue weighted by molar-refractivity contribution is -0.118. The van der Waals surface area contributed by atoms with E-state index in [1.807, 2.05) is 0 Å². The number of fused-ring (bicyclic) bond motifs is 1. The van der Waals surface area contributed by atoms with E-state index in [9.17, 15) is 14.4 Å². The minimum absolute atomic E-state index is 0.0224. The summed E-state index contributed by atoms with van der Waals surface area (Å²) in [5.74, 6) is -1.26. The van der Waals surface area contributed by atoms with Crippen LogP contribution < -0.4 is 5.73 Å². The van der Waals surface area contributed by atoms with Crippen molar-refractivity contribution < 1.29 is 14.4 Å². The van der Waals surface area contributed by atoms with Crippen LogP contribution in [0.25, 0.3) is 0 Å². The molecule has 2 rings (SSSR count). The average molecular weight is 232 g/mol. The molecule has 0 fully saturated rings. The molecular formula is C12H12N2O3. The van der Waals surface area contributed by atoms with Gasteiger partial charge in [-0.05, 0) is 19.1 Å². The molecule has 0 unspecified atom stereocenters. The largest absolute Gasteiger partial charge is 0.370 e. The van der Waals surface area contributed by atoms with Gasteiger partial charge in [-0.25, -0.2) is 0 Å². The number of hydrogen-bond donors (Lipinski definition) is 1. The lowest BCUT2D eigenvalue weighted by Crippen LogP contribution is -2.40. The van der Waals surface area contributed by atoms with Gasteiger partial charge < -0.3 is 5.73 Å². The van der Waals surface area contributed by atoms with Gasteiger partial charge >= 0.3 is 0 Å². The highest BCUT2D eigenvalue weighted by atomic mass is 16.2. The van der Waals surface area contributed by atoms with Crippen molar-refractivity contribution in [1.82, 2.24) is 4.90 Å². The third-order valence-corrected chi connectivity index (χ3v) is 2.76. The number of imide groups is 1. The predicted octanol–water partition coefficient (Wildman–Crippen LogP) is 0.546. The molecule has 0 aromatic heterocycles. The SMILES string of the molecule is C[C@@H](CC(N)=O)N1C(=O)c2ccccc2C1=O. The van der Waals surface area contributed by atoms with Gasteiger partial charge in [0.2, 0.25) is 5.91 Å². The first-order valence-electron chi connectivity index (χ1n) is 5.27. The molecule has 1 aromatic carbocycles. The molecule has 0 bridgehead atoms. The fourth-order valence-electron chi connectivity index (χ4n) is 1.99. The molecule has 0 aliphatic carbocycles. The van der Waals surface area contributed by atoms with Gasteiger partial charge in [0, 0.05) is 12.5 Å². The number of benzene rings is 1. The number of nitrogens with two attached hydrogens (primary N) is 1. The Hall–Kier alpha value is -2.17. The van der Waals surface area contributed by atoms with Crippen LogP contribution in [0.15, 0.2) is 24.3 Å². The highest BCUT2D eigenvalue weighted by Crippen LogP contribution is 2.25. The third kappa shape index (κ3) is 1.80. The first-order valence-corrected chi connectivity index (χ1v) is 5.27. The van der Waals surface area contributed by atoms with Crippen molar-refractivity contribution >= 4 is 17.7 Å². The molecule has 2 N–H and O–H groups in total. The second kappa shape index (κ2) is 4.01. The summed E-state index contributed by atoms with van der Waals surface area (Å²) in [5, 5.41) is 0. The maximum atomic E-state index is 12.0. The topological polar surface area (TPSA) is 80.5 Å². The van der Waals surface area contributed by atoms with E-state index in [0.29, 0.717) is 11.1 Å². The number of rotatable bonds is 3. The minimum atomic E-state index is -0.533. The standard InChI is InChI=1S/C12H12N2O3/c1-7(6-10(13)15)14-11(16)8-4-2-3-5-9(8)12(14)17/h2-5,7H,6H2,1H3,(H2,13,15)/t7-/m0/s1. The molecule has 1 heterocycles. The summed E-state index contributed by atoms with van der Waals surface area (Å²) in [6.45, 7) is 1.63. The van der Waals surface area contributed by atoms with Crippen molar-refractivity contribution in [3.63, 3.8) is 0 Å². The first-order chi connectivity index (χ1) is 8.02. The summed E-state index contributed by atoms with van der Waals surface area (Å²) in [7, 11) is 0. The van der Waals surface area contributed by atoms with Crippen molar-refractivity contribution in [3.8, 4) is 0 Å². The average Bonchev–Trinajstić information content (AvgIpc) is 2.51. The van der Waals surface area contributed by atoms with Gasteiger partial charge in [-0.15, -0.1) is 0 Å². The lowest BCUT2D eigenvalue weighted by atomic mass is 10.1.